The lowest BCUT2D eigenvalue weighted by atomic mass is 10.2. The van der Waals surface area contributed by atoms with Crippen LogP contribution in [0.4, 0.5) is 4.39 Å². The number of nitrogens with zero attached hydrogens (tertiary/aromatic N) is 2. The summed E-state index contributed by atoms with van der Waals surface area (Å²) >= 11 is 3.14. The summed E-state index contributed by atoms with van der Waals surface area (Å²) in [5.41, 5.74) is 0.733. The Hall–Kier alpha value is -1.27. The smallest absolute Gasteiger partial charge is 0.244 e. The largest absolute Gasteiger partial charge is 0.337 e. The molecular weight excluding hydrogens is 301 g/mol. The van der Waals surface area contributed by atoms with Crippen LogP contribution >= 0.6 is 15.9 Å². The minimum atomic E-state index is -0.306. The third kappa shape index (κ3) is 2.18. The summed E-state index contributed by atoms with van der Waals surface area (Å²) in [7, 11) is 0. The van der Waals surface area contributed by atoms with Crippen LogP contribution in [0.25, 0.3) is 11.4 Å². The second-order valence-electron chi connectivity index (χ2n) is 4.23. The summed E-state index contributed by atoms with van der Waals surface area (Å²) in [6.07, 6.45) is 2.12. The maximum Gasteiger partial charge on any atom is 0.244 e. The summed E-state index contributed by atoms with van der Waals surface area (Å²) in [6.45, 7) is 0.977. The number of hydrogen-bond acceptors (Lipinski definition) is 4. The Kier molecular flexibility index (Phi) is 3.13. The fraction of sp³-hybridized carbons (Fsp3) is 0.333. The van der Waals surface area contributed by atoms with E-state index in [0.29, 0.717) is 16.2 Å². The summed E-state index contributed by atoms with van der Waals surface area (Å²) in [6, 6.07) is 4.81. The molecule has 0 saturated carbocycles. The van der Waals surface area contributed by atoms with Gasteiger partial charge >= 0.3 is 0 Å². The maximum atomic E-state index is 13.1. The number of hydrogen-bond donors (Lipinski definition) is 1. The first kappa shape index (κ1) is 11.8. The van der Waals surface area contributed by atoms with E-state index in [1.165, 1.54) is 6.07 Å². The van der Waals surface area contributed by atoms with Gasteiger partial charge in [-0.05, 0) is 53.5 Å². The molecule has 1 N–H and O–H groups in total. The average Bonchev–Trinajstić information content (AvgIpc) is 3.01. The normalized spacial score (nSPS) is 19.3. The van der Waals surface area contributed by atoms with E-state index >= 15 is 0 Å². The molecule has 2 aromatic rings. The van der Waals surface area contributed by atoms with E-state index < -0.39 is 0 Å². The molecule has 0 amide bonds. The van der Waals surface area contributed by atoms with E-state index in [2.05, 4.69) is 31.4 Å². The Balaban J connectivity index is 1.89. The second-order valence-corrected chi connectivity index (χ2v) is 5.09. The van der Waals surface area contributed by atoms with E-state index in [0.717, 1.165) is 24.9 Å². The number of rotatable bonds is 2. The van der Waals surface area contributed by atoms with Crippen LogP contribution in [-0.4, -0.2) is 16.7 Å². The molecule has 0 aliphatic carbocycles. The predicted octanol–water partition coefficient (Wildman–Crippen LogP) is 3.06. The van der Waals surface area contributed by atoms with Gasteiger partial charge in [-0.25, -0.2) is 4.39 Å². The third-order valence-electron chi connectivity index (χ3n) is 2.98. The summed E-state index contributed by atoms with van der Waals surface area (Å²) in [5, 5.41) is 7.23. The highest BCUT2D eigenvalue weighted by Gasteiger charge is 2.22. The maximum absolute atomic E-state index is 13.1. The van der Waals surface area contributed by atoms with Gasteiger partial charge in [0, 0.05) is 5.56 Å². The number of aromatic nitrogens is 2. The predicted molar refractivity (Wildman–Crippen MR) is 67.4 cm³/mol. The minimum absolute atomic E-state index is 0.148. The zero-order chi connectivity index (χ0) is 12.5. The van der Waals surface area contributed by atoms with E-state index in [9.17, 15) is 4.39 Å². The highest BCUT2D eigenvalue weighted by Crippen LogP contribution is 2.26. The van der Waals surface area contributed by atoms with Gasteiger partial charge in [-0.2, -0.15) is 4.98 Å². The van der Waals surface area contributed by atoms with Crippen molar-refractivity contribution in [3.63, 3.8) is 0 Å². The Morgan fingerprint density at radius 3 is 3.06 bits per heavy atom. The first-order valence-electron chi connectivity index (χ1n) is 5.76. The third-order valence-corrected chi connectivity index (χ3v) is 3.59. The van der Waals surface area contributed by atoms with Gasteiger partial charge in [0.15, 0.2) is 0 Å². The van der Waals surface area contributed by atoms with E-state index in [1.54, 1.807) is 12.1 Å². The standard InChI is InChI=1S/C12H11BrFN3O/c13-8-6-7(3-4-9(8)14)11-16-12(18-17-11)10-2-1-5-15-10/h3-4,6,10,15H,1-2,5H2/t10-/m0/s1. The number of nitrogens with one attached hydrogen (secondary N) is 1. The first-order valence-corrected chi connectivity index (χ1v) is 6.56. The van der Waals surface area contributed by atoms with Crippen LogP contribution in [-0.2, 0) is 0 Å². The fourth-order valence-corrected chi connectivity index (χ4v) is 2.40. The van der Waals surface area contributed by atoms with Crippen LogP contribution in [0.2, 0.25) is 0 Å². The van der Waals surface area contributed by atoms with Crippen molar-refractivity contribution in [2.24, 2.45) is 0 Å². The van der Waals surface area contributed by atoms with E-state index in [-0.39, 0.29) is 11.9 Å². The van der Waals surface area contributed by atoms with E-state index in [4.69, 9.17) is 4.52 Å². The SMILES string of the molecule is Fc1ccc(-c2noc([C@@H]3CCCN3)n2)cc1Br. The quantitative estimate of drug-likeness (QED) is 0.926. The lowest BCUT2D eigenvalue weighted by Crippen LogP contribution is -2.12. The topological polar surface area (TPSA) is 51.0 Å². The molecule has 3 rings (SSSR count). The lowest BCUT2D eigenvalue weighted by molar-refractivity contribution is 0.345. The first-order chi connectivity index (χ1) is 8.74. The molecule has 1 aromatic heterocycles. The van der Waals surface area contributed by atoms with Crippen molar-refractivity contribution in [3.8, 4) is 11.4 Å². The molecule has 1 saturated heterocycles. The summed E-state index contributed by atoms with van der Waals surface area (Å²) in [4.78, 5) is 4.35. The summed E-state index contributed by atoms with van der Waals surface area (Å²) < 4.78 is 18.8. The van der Waals surface area contributed by atoms with Crippen molar-refractivity contribution in [3.05, 3.63) is 34.4 Å². The molecule has 1 aliphatic rings. The molecule has 1 aromatic carbocycles. The Bertz CT molecular complexity index is 566. The van der Waals surface area contributed by atoms with Crippen LogP contribution in [0, 0.1) is 5.82 Å². The zero-order valence-corrected chi connectivity index (χ0v) is 11.1. The van der Waals surface area contributed by atoms with Gasteiger partial charge in [-0.3, -0.25) is 0 Å². The highest BCUT2D eigenvalue weighted by atomic mass is 79.9. The van der Waals surface area contributed by atoms with Gasteiger partial charge < -0.3 is 9.84 Å². The van der Waals surface area contributed by atoms with Crippen LogP contribution in [0.3, 0.4) is 0 Å². The van der Waals surface area contributed by atoms with Gasteiger partial charge in [0.1, 0.15) is 5.82 Å². The summed E-state index contributed by atoms with van der Waals surface area (Å²) in [5.74, 6) is 0.780. The van der Waals surface area contributed by atoms with Crippen LogP contribution in [0.5, 0.6) is 0 Å². The zero-order valence-electron chi connectivity index (χ0n) is 9.49. The van der Waals surface area contributed by atoms with Crippen molar-refractivity contribution in [2.75, 3.05) is 6.54 Å². The number of halogens is 2. The molecule has 1 fully saturated rings. The van der Waals surface area contributed by atoms with Crippen LogP contribution in [0.1, 0.15) is 24.8 Å². The number of benzene rings is 1. The molecule has 1 aliphatic heterocycles. The van der Waals surface area contributed by atoms with Gasteiger partial charge in [-0.1, -0.05) is 5.16 Å². The van der Waals surface area contributed by atoms with Gasteiger partial charge in [0.2, 0.25) is 11.7 Å². The van der Waals surface area contributed by atoms with Crippen molar-refractivity contribution >= 4 is 15.9 Å². The molecule has 0 unspecified atom stereocenters. The van der Waals surface area contributed by atoms with Crippen molar-refractivity contribution in [2.45, 2.75) is 18.9 Å². The second kappa shape index (κ2) is 4.78. The molecule has 4 nitrogen and oxygen atoms in total. The Labute approximate surface area is 112 Å². The molecule has 6 heteroatoms. The molecule has 0 radical (unpaired) electrons. The molecule has 0 bridgehead atoms. The minimum Gasteiger partial charge on any atom is -0.337 e. The molecule has 94 valence electrons. The van der Waals surface area contributed by atoms with E-state index in [1.807, 2.05) is 0 Å². The van der Waals surface area contributed by atoms with Crippen molar-refractivity contribution in [1.29, 1.82) is 0 Å². The van der Waals surface area contributed by atoms with Crippen LogP contribution in [0.15, 0.2) is 27.2 Å². The van der Waals surface area contributed by atoms with Gasteiger partial charge in [0.25, 0.3) is 0 Å². The van der Waals surface area contributed by atoms with Gasteiger partial charge in [-0.15, -0.1) is 0 Å². The highest BCUT2D eigenvalue weighted by molar-refractivity contribution is 9.10. The molecular formula is C12H11BrFN3O. The van der Waals surface area contributed by atoms with Crippen LogP contribution < -0.4 is 5.32 Å². The van der Waals surface area contributed by atoms with Gasteiger partial charge in [0.05, 0.1) is 10.5 Å². The molecule has 1 atom stereocenters. The average molecular weight is 312 g/mol. The Morgan fingerprint density at radius 1 is 1.44 bits per heavy atom. The van der Waals surface area contributed by atoms with Crippen molar-refractivity contribution in [1.82, 2.24) is 15.5 Å². The molecule has 0 spiro atoms. The fourth-order valence-electron chi connectivity index (χ4n) is 2.02. The molecule has 2 heterocycles. The Morgan fingerprint density at radius 2 is 2.33 bits per heavy atom. The lowest BCUT2D eigenvalue weighted by Gasteiger charge is -2.01. The molecule has 18 heavy (non-hydrogen) atoms. The monoisotopic (exact) mass is 311 g/mol. The van der Waals surface area contributed by atoms with Crippen molar-refractivity contribution < 1.29 is 8.91 Å².